The molecule has 1 aromatic heterocycles. The number of ether oxygens (including phenoxy) is 1. The topological polar surface area (TPSA) is 78.8 Å². The van der Waals surface area contributed by atoms with E-state index < -0.39 is 0 Å². The Morgan fingerprint density at radius 3 is 2.53 bits per heavy atom. The fourth-order valence-corrected chi connectivity index (χ4v) is 3.51. The van der Waals surface area contributed by atoms with Crippen LogP contribution in [0, 0.1) is 0 Å². The number of aromatic nitrogens is 1. The van der Waals surface area contributed by atoms with Gasteiger partial charge in [-0.05, 0) is 56.1 Å². The first kappa shape index (κ1) is 23.1. The molecule has 0 aliphatic carbocycles. The van der Waals surface area contributed by atoms with Gasteiger partial charge in [-0.3, -0.25) is 4.79 Å². The van der Waals surface area contributed by atoms with Gasteiger partial charge in [-0.1, -0.05) is 12.1 Å². The number of fused-ring (bicyclic) bond motifs is 1. The van der Waals surface area contributed by atoms with Gasteiger partial charge >= 0.3 is 6.03 Å². The summed E-state index contributed by atoms with van der Waals surface area (Å²) in [7, 11) is 9.07. The van der Waals surface area contributed by atoms with Crippen molar-refractivity contribution >= 4 is 28.5 Å². The zero-order valence-electron chi connectivity index (χ0n) is 19.3. The van der Waals surface area contributed by atoms with Crippen LogP contribution in [0.5, 0.6) is 5.75 Å². The third-order valence-corrected chi connectivity index (χ3v) is 5.39. The maximum Gasteiger partial charge on any atom is 0.319 e. The van der Waals surface area contributed by atoms with Crippen molar-refractivity contribution in [2.24, 2.45) is 0 Å². The van der Waals surface area contributed by atoms with E-state index in [0.29, 0.717) is 12.2 Å². The number of amides is 3. The lowest BCUT2D eigenvalue weighted by Gasteiger charge is -2.25. The molecule has 0 radical (unpaired) electrons. The maximum atomic E-state index is 12.5. The summed E-state index contributed by atoms with van der Waals surface area (Å²) < 4.78 is 7.22. The molecular formula is C24H31N5O3. The number of nitrogens with zero attached hydrogens (tertiary/aromatic N) is 3. The Morgan fingerprint density at radius 1 is 1.06 bits per heavy atom. The minimum Gasteiger partial charge on any atom is -0.497 e. The molecule has 3 rings (SSSR count). The second kappa shape index (κ2) is 10.2. The number of rotatable bonds is 8. The highest BCUT2D eigenvalue weighted by atomic mass is 16.5. The van der Waals surface area contributed by atoms with Crippen LogP contribution in [0.25, 0.3) is 10.9 Å². The lowest BCUT2D eigenvalue weighted by atomic mass is 10.1. The molecule has 2 N–H and O–H groups in total. The van der Waals surface area contributed by atoms with E-state index in [4.69, 9.17) is 4.74 Å². The molecule has 170 valence electrons. The van der Waals surface area contributed by atoms with E-state index in [2.05, 4.69) is 15.5 Å². The molecule has 0 saturated carbocycles. The molecule has 2 aromatic carbocycles. The number of carbonyl (C=O) groups is 2. The van der Waals surface area contributed by atoms with E-state index in [1.807, 2.05) is 73.4 Å². The second-order valence-electron chi connectivity index (χ2n) is 8.10. The van der Waals surface area contributed by atoms with Crippen molar-refractivity contribution in [2.45, 2.75) is 12.6 Å². The molecule has 0 saturated heterocycles. The first-order valence-corrected chi connectivity index (χ1v) is 10.4. The fourth-order valence-electron chi connectivity index (χ4n) is 3.51. The number of benzene rings is 2. The summed E-state index contributed by atoms with van der Waals surface area (Å²) in [6.45, 7) is 0.719. The number of urea groups is 1. The van der Waals surface area contributed by atoms with Gasteiger partial charge in [-0.15, -0.1) is 0 Å². The maximum absolute atomic E-state index is 12.5. The van der Waals surface area contributed by atoms with E-state index in [1.54, 1.807) is 26.1 Å². The van der Waals surface area contributed by atoms with Gasteiger partial charge in [-0.2, -0.15) is 0 Å². The third kappa shape index (κ3) is 5.59. The van der Waals surface area contributed by atoms with Gasteiger partial charge in [0, 0.05) is 43.4 Å². The molecule has 0 bridgehead atoms. The Hall–Kier alpha value is -3.52. The van der Waals surface area contributed by atoms with Gasteiger partial charge in [0.25, 0.3) is 0 Å². The average Bonchev–Trinajstić information content (AvgIpc) is 3.15. The number of likely N-dealkylation sites (N-methyl/N-ethyl adjacent to an activating group) is 2. The Balaban J connectivity index is 1.64. The van der Waals surface area contributed by atoms with Gasteiger partial charge in [-0.25, -0.2) is 4.79 Å². The molecule has 1 atom stereocenters. The summed E-state index contributed by atoms with van der Waals surface area (Å²) in [5.74, 6) is 0.807. The summed E-state index contributed by atoms with van der Waals surface area (Å²) in [6, 6.07) is 15.1. The molecular weight excluding hydrogens is 406 g/mol. The van der Waals surface area contributed by atoms with Crippen LogP contribution in [-0.2, 0) is 11.3 Å². The van der Waals surface area contributed by atoms with Crippen molar-refractivity contribution < 1.29 is 14.3 Å². The molecule has 3 amide bonds. The Kier molecular flexibility index (Phi) is 7.37. The van der Waals surface area contributed by atoms with Crippen molar-refractivity contribution in [2.75, 3.05) is 47.2 Å². The molecule has 8 heteroatoms. The molecule has 0 aliphatic rings. The van der Waals surface area contributed by atoms with Crippen LogP contribution in [-0.4, -0.2) is 68.2 Å². The van der Waals surface area contributed by atoms with Gasteiger partial charge in [0.15, 0.2) is 0 Å². The summed E-state index contributed by atoms with van der Waals surface area (Å²) in [5, 5.41) is 6.80. The minimum atomic E-state index is -0.277. The lowest BCUT2D eigenvalue weighted by molar-refractivity contribution is -0.129. The molecule has 0 aliphatic heterocycles. The standard InChI is InChI=1S/C24H31N5O3/c1-27(2)22(17-7-6-8-20(14-17)32-5)15-25-24(31)26-19-9-10-21-18(13-19)11-12-29(21)16-23(30)28(3)4/h6-14,22H,15-16H2,1-5H3,(H2,25,26,31). The van der Waals surface area contributed by atoms with Crippen LogP contribution in [0.2, 0.25) is 0 Å². The van der Waals surface area contributed by atoms with Crippen LogP contribution in [0.3, 0.4) is 0 Å². The molecule has 32 heavy (non-hydrogen) atoms. The van der Waals surface area contributed by atoms with Gasteiger partial charge < -0.3 is 29.7 Å². The van der Waals surface area contributed by atoms with E-state index in [-0.39, 0.29) is 24.5 Å². The number of methoxy groups -OCH3 is 1. The van der Waals surface area contributed by atoms with Crippen molar-refractivity contribution in [3.8, 4) is 5.75 Å². The number of nitrogens with one attached hydrogen (secondary N) is 2. The van der Waals surface area contributed by atoms with E-state index in [9.17, 15) is 9.59 Å². The van der Waals surface area contributed by atoms with Gasteiger partial charge in [0.2, 0.25) is 5.91 Å². The highest BCUT2D eigenvalue weighted by molar-refractivity contribution is 5.93. The number of hydrogen-bond donors (Lipinski definition) is 2. The van der Waals surface area contributed by atoms with Crippen LogP contribution in [0.4, 0.5) is 10.5 Å². The van der Waals surface area contributed by atoms with Crippen molar-refractivity contribution in [1.29, 1.82) is 0 Å². The monoisotopic (exact) mass is 437 g/mol. The first-order chi connectivity index (χ1) is 15.3. The number of hydrogen-bond acceptors (Lipinski definition) is 4. The normalized spacial score (nSPS) is 11.9. The summed E-state index contributed by atoms with van der Waals surface area (Å²) in [6.07, 6.45) is 1.88. The third-order valence-electron chi connectivity index (χ3n) is 5.39. The Bertz CT molecular complexity index is 1090. The molecule has 3 aromatic rings. The zero-order chi connectivity index (χ0) is 23.3. The zero-order valence-corrected chi connectivity index (χ0v) is 19.3. The largest absolute Gasteiger partial charge is 0.497 e. The first-order valence-electron chi connectivity index (χ1n) is 10.4. The summed E-state index contributed by atoms with van der Waals surface area (Å²) in [4.78, 5) is 28.2. The quantitative estimate of drug-likeness (QED) is 0.567. The number of carbonyl (C=O) groups excluding carboxylic acids is 2. The van der Waals surface area contributed by atoms with E-state index >= 15 is 0 Å². The minimum absolute atomic E-state index is 0.00148. The van der Waals surface area contributed by atoms with Crippen LogP contribution >= 0.6 is 0 Å². The Labute approximate surface area is 188 Å². The van der Waals surface area contributed by atoms with Crippen LogP contribution < -0.4 is 15.4 Å². The Morgan fingerprint density at radius 2 is 1.84 bits per heavy atom. The summed E-state index contributed by atoms with van der Waals surface area (Å²) in [5.41, 5.74) is 2.69. The van der Waals surface area contributed by atoms with Crippen LogP contribution in [0.1, 0.15) is 11.6 Å². The fraction of sp³-hybridized carbons (Fsp3) is 0.333. The van der Waals surface area contributed by atoms with E-state index in [0.717, 1.165) is 22.2 Å². The highest BCUT2D eigenvalue weighted by Gasteiger charge is 2.16. The SMILES string of the molecule is COc1cccc(C(CNC(=O)Nc2ccc3c(ccn3CC(=O)N(C)C)c2)N(C)C)c1. The molecule has 0 spiro atoms. The second-order valence-corrected chi connectivity index (χ2v) is 8.10. The molecule has 0 fully saturated rings. The lowest BCUT2D eigenvalue weighted by Crippen LogP contribution is -2.36. The smallest absolute Gasteiger partial charge is 0.319 e. The summed E-state index contributed by atoms with van der Waals surface area (Å²) >= 11 is 0. The van der Waals surface area contributed by atoms with Gasteiger partial charge in [0.1, 0.15) is 12.3 Å². The van der Waals surface area contributed by atoms with E-state index in [1.165, 1.54) is 0 Å². The average molecular weight is 438 g/mol. The number of anilines is 1. The van der Waals surface area contributed by atoms with Crippen molar-refractivity contribution in [3.05, 3.63) is 60.3 Å². The highest BCUT2D eigenvalue weighted by Crippen LogP contribution is 2.23. The molecule has 8 nitrogen and oxygen atoms in total. The van der Waals surface area contributed by atoms with Crippen LogP contribution in [0.15, 0.2) is 54.7 Å². The molecule has 1 unspecified atom stereocenters. The van der Waals surface area contributed by atoms with Crippen molar-refractivity contribution in [1.82, 2.24) is 19.7 Å². The predicted molar refractivity (Wildman–Crippen MR) is 127 cm³/mol. The van der Waals surface area contributed by atoms with Gasteiger partial charge in [0.05, 0.1) is 13.2 Å². The predicted octanol–water partition coefficient (Wildman–Crippen LogP) is 3.16. The molecule has 1 heterocycles. The van der Waals surface area contributed by atoms with Crippen molar-refractivity contribution in [3.63, 3.8) is 0 Å².